The normalized spacial score (nSPS) is 12.6. The number of hydrogen-bond donors (Lipinski definition) is 1. The molecule has 0 aromatic heterocycles. The molecular formula is C21H27BrN2O4S. The predicted octanol–water partition coefficient (Wildman–Crippen LogP) is 4.04. The van der Waals surface area contributed by atoms with Crippen LogP contribution in [-0.4, -0.2) is 38.3 Å². The van der Waals surface area contributed by atoms with Crippen LogP contribution in [-0.2, 0) is 14.8 Å². The van der Waals surface area contributed by atoms with Crippen molar-refractivity contribution >= 4 is 31.9 Å². The maximum Gasteiger partial charge on any atom is 0.258 e. The van der Waals surface area contributed by atoms with E-state index in [-0.39, 0.29) is 23.5 Å². The molecule has 6 nitrogen and oxygen atoms in total. The second kappa shape index (κ2) is 10.2. The van der Waals surface area contributed by atoms with Gasteiger partial charge in [-0.25, -0.2) is 8.42 Å². The van der Waals surface area contributed by atoms with E-state index in [1.807, 2.05) is 45.9 Å². The van der Waals surface area contributed by atoms with Crippen LogP contribution in [0.25, 0.3) is 0 Å². The SMILES string of the molecule is CCN(CC)S(=O)(=O)c1ccc([C@@H](C)NC(=O)COc2ccc(C)cc2Br)cc1. The summed E-state index contributed by atoms with van der Waals surface area (Å²) in [5, 5.41) is 2.86. The van der Waals surface area contributed by atoms with Gasteiger partial charge in [0, 0.05) is 13.1 Å². The molecule has 0 aliphatic rings. The van der Waals surface area contributed by atoms with Gasteiger partial charge in [0.1, 0.15) is 5.75 Å². The summed E-state index contributed by atoms with van der Waals surface area (Å²) in [4.78, 5) is 12.5. The van der Waals surface area contributed by atoms with Crippen LogP contribution in [0.1, 0.15) is 37.9 Å². The molecular weight excluding hydrogens is 456 g/mol. The molecule has 0 spiro atoms. The van der Waals surface area contributed by atoms with Crippen molar-refractivity contribution < 1.29 is 17.9 Å². The van der Waals surface area contributed by atoms with Crippen LogP contribution in [0.15, 0.2) is 51.8 Å². The number of ether oxygens (including phenoxy) is 1. The van der Waals surface area contributed by atoms with Crippen molar-refractivity contribution in [2.75, 3.05) is 19.7 Å². The molecule has 8 heteroatoms. The Labute approximate surface area is 181 Å². The first-order valence-electron chi connectivity index (χ1n) is 9.47. The molecule has 158 valence electrons. The largest absolute Gasteiger partial charge is 0.483 e. The molecule has 0 saturated carbocycles. The van der Waals surface area contributed by atoms with E-state index in [1.165, 1.54) is 4.31 Å². The van der Waals surface area contributed by atoms with Crippen molar-refractivity contribution in [1.29, 1.82) is 0 Å². The fourth-order valence-corrected chi connectivity index (χ4v) is 4.94. The van der Waals surface area contributed by atoms with Crippen molar-refractivity contribution in [1.82, 2.24) is 9.62 Å². The Morgan fingerprint density at radius 3 is 2.31 bits per heavy atom. The van der Waals surface area contributed by atoms with Crippen LogP contribution >= 0.6 is 15.9 Å². The molecule has 0 unspecified atom stereocenters. The van der Waals surface area contributed by atoms with Gasteiger partial charge in [0.2, 0.25) is 10.0 Å². The van der Waals surface area contributed by atoms with Gasteiger partial charge in [-0.15, -0.1) is 0 Å². The average Bonchev–Trinajstić information content (AvgIpc) is 2.68. The molecule has 1 amide bonds. The van der Waals surface area contributed by atoms with Gasteiger partial charge in [0.15, 0.2) is 6.61 Å². The molecule has 0 aliphatic heterocycles. The molecule has 2 aromatic rings. The number of sulfonamides is 1. The second-order valence-electron chi connectivity index (χ2n) is 6.67. The van der Waals surface area contributed by atoms with E-state index in [4.69, 9.17) is 4.74 Å². The fraction of sp³-hybridized carbons (Fsp3) is 0.381. The highest BCUT2D eigenvalue weighted by Gasteiger charge is 2.21. The standard InChI is InChI=1S/C21H27BrN2O4S/c1-5-24(6-2)29(26,27)18-10-8-17(9-11-18)16(4)23-21(25)14-28-20-12-7-15(3)13-19(20)22/h7-13,16H,5-6,14H2,1-4H3,(H,23,25)/t16-/m1/s1. The third-order valence-corrected chi connectivity index (χ3v) is 7.23. The number of benzene rings is 2. The summed E-state index contributed by atoms with van der Waals surface area (Å²) in [6, 6.07) is 12.0. The quantitative estimate of drug-likeness (QED) is 0.584. The van der Waals surface area contributed by atoms with Crippen molar-refractivity contribution in [2.24, 2.45) is 0 Å². The summed E-state index contributed by atoms with van der Waals surface area (Å²) in [5.41, 5.74) is 1.90. The van der Waals surface area contributed by atoms with Crippen LogP contribution in [0.3, 0.4) is 0 Å². The Morgan fingerprint density at radius 1 is 1.14 bits per heavy atom. The highest BCUT2D eigenvalue weighted by molar-refractivity contribution is 9.10. The molecule has 0 radical (unpaired) electrons. The third-order valence-electron chi connectivity index (χ3n) is 4.55. The molecule has 2 rings (SSSR count). The lowest BCUT2D eigenvalue weighted by molar-refractivity contribution is -0.123. The van der Waals surface area contributed by atoms with E-state index in [2.05, 4.69) is 21.2 Å². The number of rotatable bonds is 9. The topological polar surface area (TPSA) is 75.7 Å². The third kappa shape index (κ3) is 6.04. The zero-order valence-corrected chi connectivity index (χ0v) is 19.5. The Hall–Kier alpha value is -1.90. The number of nitrogens with one attached hydrogen (secondary N) is 1. The van der Waals surface area contributed by atoms with E-state index in [0.717, 1.165) is 15.6 Å². The zero-order valence-electron chi connectivity index (χ0n) is 17.1. The van der Waals surface area contributed by atoms with Crippen LogP contribution in [0.5, 0.6) is 5.75 Å². The highest BCUT2D eigenvalue weighted by Crippen LogP contribution is 2.25. The number of amides is 1. The minimum absolute atomic E-state index is 0.111. The predicted molar refractivity (Wildman–Crippen MR) is 117 cm³/mol. The lowest BCUT2D eigenvalue weighted by atomic mass is 10.1. The number of carbonyl (C=O) groups excluding carboxylic acids is 1. The number of aryl methyl sites for hydroxylation is 1. The molecule has 2 aromatic carbocycles. The van der Waals surface area contributed by atoms with Crippen molar-refractivity contribution in [3.63, 3.8) is 0 Å². The maximum atomic E-state index is 12.6. The highest BCUT2D eigenvalue weighted by atomic mass is 79.9. The van der Waals surface area contributed by atoms with Gasteiger partial charge in [0.25, 0.3) is 5.91 Å². The van der Waals surface area contributed by atoms with Crippen molar-refractivity contribution in [2.45, 2.75) is 38.6 Å². The van der Waals surface area contributed by atoms with Crippen LogP contribution in [0.4, 0.5) is 0 Å². The molecule has 1 atom stereocenters. The Kier molecular flexibility index (Phi) is 8.24. The minimum Gasteiger partial charge on any atom is -0.483 e. The second-order valence-corrected chi connectivity index (χ2v) is 9.46. The number of carbonyl (C=O) groups is 1. The van der Waals surface area contributed by atoms with Gasteiger partial charge in [-0.3, -0.25) is 4.79 Å². The van der Waals surface area contributed by atoms with Gasteiger partial charge in [-0.1, -0.05) is 32.0 Å². The zero-order chi connectivity index (χ0) is 21.6. The molecule has 29 heavy (non-hydrogen) atoms. The lowest BCUT2D eigenvalue weighted by Gasteiger charge is -2.19. The lowest BCUT2D eigenvalue weighted by Crippen LogP contribution is -2.32. The number of nitrogens with zero attached hydrogens (tertiary/aromatic N) is 1. The number of halogens is 1. The van der Waals surface area contributed by atoms with E-state index in [9.17, 15) is 13.2 Å². The van der Waals surface area contributed by atoms with E-state index >= 15 is 0 Å². The van der Waals surface area contributed by atoms with Gasteiger partial charge < -0.3 is 10.1 Å². The molecule has 0 aliphatic carbocycles. The molecule has 1 N–H and O–H groups in total. The van der Waals surface area contributed by atoms with Crippen LogP contribution in [0.2, 0.25) is 0 Å². The Balaban J connectivity index is 1.98. The smallest absolute Gasteiger partial charge is 0.258 e. The van der Waals surface area contributed by atoms with E-state index in [0.29, 0.717) is 18.8 Å². The van der Waals surface area contributed by atoms with Crippen molar-refractivity contribution in [3.8, 4) is 5.75 Å². The monoisotopic (exact) mass is 482 g/mol. The first kappa shape index (κ1) is 23.4. The summed E-state index contributed by atoms with van der Waals surface area (Å²) < 4.78 is 32.9. The fourth-order valence-electron chi connectivity index (χ4n) is 2.87. The summed E-state index contributed by atoms with van der Waals surface area (Å²) >= 11 is 3.42. The first-order valence-corrected chi connectivity index (χ1v) is 11.7. The van der Waals surface area contributed by atoms with Gasteiger partial charge >= 0.3 is 0 Å². The Bertz CT molecular complexity index is 942. The van der Waals surface area contributed by atoms with Crippen LogP contribution < -0.4 is 10.1 Å². The molecule has 0 fully saturated rings. The summed E-state index contributed by atoms with van der Waals surface area (Å²) in [6.45, 7) is 8.16. The maximum absolute atomic E-state index is 12.6. The van der Waals surface area contributed by atoms with E-state index in [1.54, 1.807) is 24.3 Å². The van der Waals surface area contributed by atoms with Crippen LogP contribution in [0, 0.1) is 6.92 Å². The first-order chi connectivity index (χ1) is 13.7. The molecule has 0 heterocycles. The average molecular weight is 483 g/mol. The van der Waals surface area contributed by atoms with Crippen molar-refractivity contribution in [3.05, 3.63) is 58.1 Å². The summed E-state index contributed by atoms with van der Waals surface area (Å²) in [5.74, 6) is 0.342. The number of hydrogen-bond acceptors (Lipinski definition) is 4. The summed E-state index contributed by atoms with van der Waals surface area (Å²) in [6.07, 6.45) is 0. The minimum atomic E-state index is -3.49. The molecule has 0 bridgehead atoms. The molecule has 0 saturated heterocycles. The van der Waals surface area contributed by atoms with Gasteiger partial charge in [-0.05, 0) is 65.2 Å². The van der Waals surface area contributed by atoms with E-state index < -0.39 is 10.0 Å². The summed E-state index contributed by atoms with van der Waals surface area (Å²) in [7, 11) is -3.49. The van der Waals surface area contributed by atoms with Gasteiger partial charge in [-0.2, -0.15) is 4.31 Å². The Morgan fingerprint density at radius 2 is 1.76 bits per heavy atom. The van der Waals surface area contributed by atoms with Gasteiger partial charge in [0.05, 0.1) is 15.4 Å².